The van der Waals surface area contributed by atoms with E-state index in [4.69, 9.17) is 0 Å². The molecule has 1 aromatic rings. The van der Waals surface area contributed by atoms with Crippen molar-refractivity contribution in [2.24, 2.45) is 0 Å². The average Bonchev–Trinajstić information content (AvgIpc) is 2.46. The number of amides is 1. The van der Waals surface area contributed by atoms with Gasteiger partial charge in [-0.15, -0.1) is 0 Å². The third kappa shape index (κ3) is 3.54. The van der Waals surface area contributed by atoms with Gasteiger partial charge in [-0.1, -0.05) is 18.2 Å². The molecule has 2 rings (SSSR count). The minimum atomic E-state index is -0.759. The van der Waals surface area contributed by atoms with Crippen LogP contribution in [0.15, 0.2) is 24.3 Å². The van der Waals surface area contributed by atoms with E-state index in [0.29, 0.717) is 12.8 Å². The Kier molecular flexibility index (Phi) is 4.83. The van der Waals surface area contributed by atoms with Crippen molar-refractivity contribution in [1.82, 2.24) is 4.90 Å². The second kappa shape index (κ2) is 6.61. The molecule has 5 heteroatoms. The summed E-state index contributed by atoms with van der Waals surface area (Å²) in [6, 6.07) is 7.68. The topological polar surface area (TPSA) is 60.9 Å². The van der Waals surface area contributed by atoms with Crippen LogP contribution in [0.4, 0.5) is 5.69 Å². The molecule has 1 N–H and O–H groups in total. The van der Waals surface area contributed by atoms with Gasteiger partial charge in [0.1, 0.15) is 0 Å². The maximum absolute atomic E-state index is 11.6. The quantitative estimate of drug-likeness (QED) is 0.900. The molecular weight excluding hydrogens is 268 g/mol. The summed E-state index contributed by atoms with van der Waals surface area (Å²) in [6.07, 6.45) is 1.92. The number of carboxylic acids is 1. The fourth-order valence-electron chi connectivity index (χ4n) is 2.76. The number of para-hydroxylation sites is 1. The molecule has 1 aromatic carbocycles. The standard InChI is InChI=1S/C16H22N2O3/c1-17(2)15(19)8-5-10-18-11-9-13(16(20)21)12-6-3-4-7-14(12)18/h3-4,6-7,13H,5,8-11H2,1-2H3,(H,20,21). The first-order chi connectivity index (χ1) is 10.0. The highest BCUT2D eigenvalue weighted by Gasteiger charge is 2.29. The highest BCUT2D eigenvalue weighted by atomic mass is 16.4. The number of anilines is 1. The Morgan fingerprint density at radius 2 is 2.05 bits per heavy atom. The van der Waals surface area contributed by atoms with E-state index < -0.39 is 11.9 Å². The van der Waals surface area contributed by atoms with E-state index in [0.717, 1.165) is 30.8 Å². The first kappa shape index (κ1) is 15.4. The van der Waals surface area contributed by atoms with Crippen LogP contribution in [0, 0.1) is 0 Å². The Balaban J connectivity index is 2.04. The minimum absolute atomic E-state index is 0.128. The normalized spacial score (nSPS) is 17.2. The van der Waals surface area contributed by atoms with Crippen molar-refractivity contribution < 1.29 is 14.7 Å². The third-order valence-corrected chi connectivity index (χ3v) is 3.96. The van der Waals surface area contributed by atoms with Crippen LogP contribution in [0.3, 0.4) is 0 Å². The zero-order chi connectivity index (χ0) is 15.4. The molecule has 0 saturated heterocycles. The van der Waals surface area contributed by atoms with Gasteiger partial charge in [0.15, 0.2) is 0 Å². The molecule has 1 unspecified atom stereocenters. The lowest BCUT2D eigenvalue weighted by Crippen LogP contribution is -2.34. The highest BCUT2D eigenvalue weighted by Crippen LogP contribution is 2.35. The molecular formula is C16H22N2O3. The van der Waals surface area contributed by atoms with Crippen molar-refractivity contribution in [3.63, 3.8) is 0 Å². The van der Waals surface area contributed by atoms with Crippen LogP contribution in [0.5, 0.6) is 0 Å². The van der Waals surface area contributed by atoms with Gasteiger partial charge in [-0.2, -0.15) is 0 Å². The first-order valence-corrected chi connectivity index (χ1v) is 7.27. The monoisotopic (exact) mass is 290 g/mol. The number of benzene rings is 1. The minimum Gasteiger partial charge on any atom is -0.481 e. The SMILES string of the molecule is CN(C)C(=O)CCCN1CCC(C(=O)O)c2ccccc21. The number of nitrogens with zero attached hydrogens (tertiary/aromatic N) is 2. The molecule has 0 bridgehead atoms. The van der Waals surface area contributed by atoms with Gasteiger partial charge in [-0.3, -0.25) is 9.59 Å². The lowest BCUT2D eigenvalue weighted by Gasteiger charge is -2.34. The fraction of sp³-hybridized carbons (Fsp3) is 0.500. The number of hydrogen-bond donors (Lipinski definition) is 1. The number of carbonyl (C=O) groups is 2. The van der Waals surface area contributed by atoms with Crippen LogP contribution in [-0.4, -0.2) is 49.1 Å². The largest absolute Gasteiger partial charge is 0.481 e. The zero-order valence-electron chi connectivity index (χ0n) is 12.6. The summed E-state index contributed by atoms with van der Waals surface area (Å²) < 4.78 is 0. The second-order valence-electron chi connectivity index (χ2n) is 5.62. The van der Waals surface area contributed by atoms with Crippen LogP contribution in [0.2, 0.25) is 0 Å². The van der Waals surface area contributed by atoms with Gasteiger partial charge in [0.2, 0.25) is 5.91 Å². The van der Waals surface area contributed by atoms with Crippen LogP contribution in [-0.2, 0) is 9.59 Å². The molecule has 0 aromatic heterocycles. The van der Waals surface area contributed by atoms with Gasteiger partial charge in [0, 0.05) is 39.3 Å². The Bertz CT molecular complexity index is 528. The molecule has 1 amide bonds. The van der Waals surface area contributed by atoms with Gasteiger partial charge in [-0.25, -0.2) is 0 Å². The van der Waals surface area contributed by atoms with Crippen molar-refractivity contribution in [3.8, 4) is 0 Å². The van der Waals surface area contributed by atoms with Crippen molar-refractivity contribution >= 4 is 17.6 Å². The molecule has 21 heavy (non-hydrogen) atoms. The zero-order valence-corrected chi connectivity index (χ0v) is 12.6. The number of carbonyl (C=O) groups excluding carboxylic acids is 1. The van der Waals surface area contributed by atoms with Gasteiger partial charge in [0.25, 0.3) is 0 Å². The number of carboxylic acid groups (broad SMARTS) is 1. The van der Waals surface area contributed by atoms with E-state index in [2.05, 4.69) is 4.90 Å². The van der Waals surface area contributed by atoms with Gasteiger partial charge in [-0.05, 0) is 24.5 Å². The predicted molar refractivity (Wildman–Crippen MR) is 81.6 cm³/mol. The summed E-state index contributed by atoms with van der Waals surface area (Å²) in [5, 5.41) is 9.31. The lowest BCUT2D eigenvalue weighted by atomic mass is 9.90. The molecule has 0 aliphatic carbocycles. The van der Waals surface area contributed by atoms with Crippen molar-refractivity contribution in [1.29, 1.82) is 0 Å². The van der Waals surface area contributed by atoms with E-state index >= 15 is 0 Å². The smallest absolute Gasteiger partial charge is 0.311 e. The van der Waals surface area contributed by atoms with Crippen LogP contribution < -0.4 is 4.90 Å². The molecule has 1 heterocycles. The van der Waals surface area contributed by atoms with E-state index in [1.54, 1.807) is 19.0 Å². The van der Waals surface area contributed by atoms with E-state index in [1.165, 1.54) is 0 Å². The van der Waals surface area contributed by atoms with E-state index in [1.807, 2.05) is 24.3 Å². The Morgan fingerprint density at radius 3 is 2.71 bits per heavy atom. The molecule has 1 atom stereocenters. The Hall–Kier alpha value is -2.04. The van der Waals surface area contributed by atoms with E-state index in [9.17, 15) is 14.7 Å². The molecule has 1 aliphatic rings. The highest BCUT2D eigenvalue weighted by molar-refractivity contribution is 5.80. The molecule has 1 aliphatic heterocycles. The predicted octanol–water partition coefficient (Wildman–Crippen LogP) is 1.93. The molecule has 0 saturated carbocycles. The van der Waals surface area contributed by atoms with E-state index in [-0.39, 0.29) is 5.91 Å². The number of fused-ring (bicyclic) bond motifs is 1. The number of aliphatic carboxylic acids is 1. The average molecular weight is 290 g/mol. The Morgan fingerprint density at radius 1 is 1.33 bits per heavy atom. The van der Waals surface area contributed by atoms with Crippen LogP contribution in [0.1, 0.15) is 30.7 Å². The Labute approximate surface area is 125 Å². The summed E-state index contributed by atoms with van der Waals surface area (Å²) >= 11 is 0. The summed E-state index contributed by atoms with van der Waals surface area (Å²) in [5.74, 6) is -1.05. The second-order valence-corrected chi connectivity index (χ2v) is 5.62. The lowest BCUT2D eigenvalue weighted by molar-refractivity contribution is -0.139. The van der Waals surface area contributed by atoms with Crippen LogP contribution in [0.25, 0.3) is 0 Å². The van der Waals surface area contributed by atoms with Crippen LogP contribution >= 0.6 is 0 Å². The summed E-state index contributed by atoms with van der Waals surface area (Å²) in [4.78, 5) is 26.7. The maximum Gasteiger partial charge on any atom is 0.311 e. The number of hydrogen-bond acceptors (Lipinski definition) is 3. The first-order valence-electron chi connectivity index (χ1n) is 7.27. The van der Waals surface area contributed by atoms with Crippen molar-refractivity contribution in [2.75, 3.05) is 32.1 Å². The van der Waals surface area contributed by atoms with Gasteiger partial charge < -0.3 is 14.9 Å². The summed E-state index contributed by atoms with van der Waals surface area (Å²) in [7, 11) is 3.52. The molecule has 114 valence electrons. The summed E-state index contributed by atoms with van der Waals surface area (Å²) in [5.41, 5.74) is 1.88. The number of rotatable bonds is 5. The molecule has 5 nitrogen and oxygen atoms in total. The maximum atomic E-state index is 11.6. The van der Waals surface area contributed by atoms with Crippen molar-refractivity contribution in [2.45, 2.75) is 25.2 Å². The third-order valence-electron chi connectivity index (χ3n) is 3.96. The van der Waals surface area contributed by atoms with Crippen molar-refractivity contribution in [3.05, 3.63) is 29.8 Å². The molecule has 0 spiro atoms. The van der Waals surface area contributed by atoms with Gasteiger partial charge >= 0.3 is 5.97 Å². The fourth-order valence-corrected chi connectivity index (χ4v) is 2.76. The van der Waals surface area contributed by atoms with Gasteiger partial charge in [0.05, 0.1) is 5.92 Å². The summed E-state index contributed by atoms with van der Waals surface area (Å²) in [6.45, 7) is 1.51. The molecule has 0 radical (unpaired) electrons. The molecule has 0 fully saturated rings.